The molecule has 0 bridgehead atoms. The smallest absolute Gasteiger partial charge is 0.151 e. The van der Waals surface area contributed by atoms with Crippen LogP contribution in [-0.4, -0.2) is 32.5 Å². The van der Waals surface area contributed by atoms with Crippen LogP contribution in [0.5, 0.6) is 0 Å². The van der Waals surface area contributed by atoms with Gasteiger partial charge in [-0.25, -0.2) is 20.4 Å². The minimum atomic E-state index is 0.388. The summed E-state index contributed by atoms with van der Waals surface area (Å²) in [5.41, 5.74) is 19.6. The maximum Gasteiger partial charge on any atom is 0.151 e. The number of hydrogen-bond donors (Lipinski definition) is 3. The number of pyridine rings is 1. The summed E-state index contributed by atoms with van der Waals surface area (Å²) in [5.74, 6) is 0.847. The number of nitrogens with two attached hydrogens (primary N) is 2. The Kier molecular flexibility index (Phi) is 4.53. The van der Waals surface area contributed by atoms with Crippen LogP contribution >= 0.6 is 0 Å². The molecule has 24 heavy (non-hydrogen) atoms. The molecule has 0 unspecified atom stereocenters. The van der Waals surface area contributed by atoms with Gasteiger partial charge in [-0.3, -0.25) is 0 Å². The van der Waals surface area contributed by atoms with Crippen molar-refractivity contribution in [2.24, 2.45) is 0 Å². The highest BCUT2D eigenvalue weighted by Crippen LogP contribution is 2.29. The minimum Gasteiger partial charge on any atom is -0.382 e. The fourth-order valence-electron chi connectivity index (χ4n) is 3.12. The number of hydrazine groups is 1. The Morgan fingerprint density at radius 2 is 1.88 bits per heavy atom. The van der Waals surface area contributed by atoms with Gasteiger partial charge in [0.2, 0.25) is 0 Å². The average Bonchev–Trinajstić information content (AvgIpc) is 3.05. The second kappa shape index (κ2) is 6.60. The van der Waals surface area contributed by atoms with Gasteiger partial charge in [0, 0.05) is 30.5 Å². The van der Waals surface area contributed by atoms with Crippen molar-refractivity contribution in [2.75, 3.05) is 18.0 Å². The fourth-order valence-corrected chi connectivity index (χ4v) is 3.12. The van der Waals surface area contributed by atoms with Gasteiger partial charge in [0.25, 0.3) is 0 Å². The summed E-state index contributed by atoms with van der Waals surface area (Å²) in [5, 5.41) is 2.18. The normalized spacial score (nSPS) is 14.7. The summed E-state index contributed by atoms with van der Waals surface area (Å²) < 4.78 is 0. The number of nitrogens with zero attached hydrogens (tertiary/aromatic N) is 4. The first-order chi connectivity index (χ1) is 11.6. The van der Waals surface area contributed by atoms with E-state index in [9.17, 15) is 0 Å². The van der Waals surface area contributed by atoms with E-state index in [0.717, 1.165) is 41.7 Å². The molecule has 128 valence electrons. The first kappa shape index (κ1) is 16.4. The zero-order valence-electron chi connectivity index (χ0n) is 14.5. The van der Waals surface area contributed by atoms with Crippen LogP contribution < -0.4 is 16.9 Å². The molecule has 0 amide bonds. The predicted octanol–water partition coefficient (Wildman–Crippen LogP) is 2.10. The summed E-state index contributed by atoms with van der Waals surface area (Å²) >= 11 is 0. The SMILES string of the molecule is CCc1nc2c(N)ncc(C3=CN(C(CC)CC)NC3)c2nc1N. The first-order valence-corrected chi connectivity index (χ1v) is 8.52. The van der Waals surface area contributed by atoms with Crippen LogP contribution in [-0.2, 0) is 6.42 Å². The second-order valence-corrected chi connectivity index (χ2v) is 6.03. The Morgan fingerprint density at radius 3 is 2.54 bits per heavy atom. The number of aromatic nitrogens is 3. The van der Waals surface area contributed by atoms with E-state index >= 15 is 0 Å². The Bertz CT molecular complexity index is 780. The molecule has 0 aromatic carbocycles. The number of nitrogen functional groups attached to an aromatic ring is 2. The van der Waals surface area contributed by atoms with Crippen molar-refractivity contribution in [3.05, 3.63) is 23.7 Å². The summed E-state index contributed by atoms with van der Waals surface area (Å²) in [6.45, 7) is 7.12. The zero-order chi connectivity index (χ0) is 17.3. The molecule has 0 radical (unpaired) electrons. The van der Waals surface area contributed by atoms with Crippen LogP contribution in [0, 0.1) is 0 Å². The number of nitrogens with one attached hydrogen (secondary N) is 1. The number of aryl methyl sites for hydroxylation is 1. The highest BCUT2D eigenvalue weighted by Gasteiger charge is 2.22. The van der Waals surface area contributed by atoms with Crippen molar-refractivity contribution >= 4 is 28.2 Å². The van der Waals surface area contributed by atoms with E-state index < -0.39 is 0 Å². The molecule has 5 N–H and O–H groups in total. The van der Waals surface area contributed by atoms with Gasteiger partial charge in [-0.1, -0.05) is 20.8 Å². The van der Waals surface area contributed by atoms with Crippen LogP contribution in [0.15, 0.2) is 12.4 Å². The largest absolute Gasteiger partial charge is 0.382 e. The molecule has 0 saturated carbocycles. The topological polar surface area (TPSA) is 106 Å². The van der Waals surface area contributed by atoms with Gasteiger partial charge in [-0.2, -0.15) is 0 Å². The molecule has 1 aliphatic rings. The van der Waals surface area contributed by atoms with E-state index in [1.165, 1.54) is 0 Å². The van der Waals surface area contributed by atoms with Crippen LogP contribution in [0.4, 0.5) is 11.6 Å². The lowest BCUT2D eigenvalue weighted by Gasteiger charge is -2.25. The van der Waals surface area contributed by atoms with Gasteiger partial charge in [0.1, 0.15) is 16.9 Å². The van der Waals surface area contributed by atoms with Crippen molar-refractivity contribution in [1.29, 1.82) is 0 Å². The van der Waals surface area contributed by atoms with Crippen LogP contribution in [0.2, 0.25) is 0 Å². The number of rotatable bonds is 5. The van der Waals surface area contributed by atoms with Gasteiger partial charge in [0.15, 0.2) is 5.82 Å². The monoisotopic (exact) mass is 327 g/mol. The highest BCUT2D eigenvalue weighted by molar-refractivity contribution is 5.94. The molecule has 7 nitrogen and oxygen atoms in total. The molecule has 3 heterocycles. The van der Waals surface area contributed by atoms with Crippen molar-refractivity contribution in [2.45, 2.75) is 46.1 Å². The van der Waals surface area contributed by atoms with Crippen LogP contribution in [0.3, 0.4) is 0 Å². The van der Waals surface area contributed by atoms with Crippen molar-refractivity contribution in [3.8, 4) is 0 Å². The Labute approximate surface area is 142 Å². The maximum atomic E-state index is 6.05. The van der Waals surface area contributed by atoms with E-state index in [4.69, 9.17) is 11.5 Å². The molecule has 0 aliphatic carbocycles. The molecular formula is C17H25N7. The molecule has 0 fully saturated rings. The second-order valence-electron chi connectivity index (χ2n) is 6.03. The summed E-state index contributed by atoms with van der Waals surface area (Å²) in [6.07, 6.45) is 6.78. The van der Waals surface area contributed by atoms with Gasteiger partial charge in [-0.15, -0.1) is 0 Å². The van der Waals surface area contributed by atoms with Gasteiger partial charge < -0.3 is 16.5 Å². The molecule has 7 heteroatoms. The molecule has 2 aromatic heterocycles. The van der Waals surface area contributed by atoms with Crippen molar-refractivity contribution in [3.63, 3.8) is 0 Å². The number of hydrogen-bond acceptors (Lipinski definition) is 7. The lowest BCUT2D eigenvalue weighted by Crippen LogP contribution is -2.37. The number of fused-ring (bicyclic) bond motifs is 1. The third-order valence-corrected chi connectivity index (χ3v) is 4.59. The van der Waals surface area contributed by atoms with Crippen LogP contribution in [0.25, 0.3) is 16.6 Å². The minimum absolute atomic E-state index is 0.388. The van der Waals surface area contributed by atoms with Crippen molar-refractivity contribution < 1.29 is 0 Å². The summed E-state index contributed by atoms with van der Waals surface area (Å²) in [4.78, 5) is 13.5. The fraction of sp³-hybridized carbons (Fsp3) is 0.471. The van der Waals surface area contributed by atoms with Crippen LogP contribution in [0.1, 0.15) is 44.9 Å². The third-order valence-electron chi connectivity index (χ3n) is 4.59. The van der Waals surface area contributed by atoms with E-state index in [-0.39, 0.29) is 0 Å². The predicted molar refractivity (Wildman–Crippen MR) is 97.7 cm³/mol. The third kappa shape index (κ3) is 2.75. The van der Waals surface area contributed by atoms with E-state index in [2.05, 4.69) is 45.4 Å². The molecule has 3 rings (SSSR count). The Balaban J connectivity index is 2.09. The van der Waals surface area contributed by atoms with Gasteiger partial charge in [0.05, 0.1) is 5.69 Å². The lowest BCUT2D eigenvalue weighted by atomic mass is 10.1. The van der Waals surface area contributed by atoms with E-state index in [1.54, 1.807) is 6.20 Å². The molecular weight excluding hydrogens is 302 g/mol. The first-order valence-electron chi connectivity index (χ1n) is 8.52. The highest BCUT2D eigenvalue weighted by atomic mass is 15.5. The maximum absolute atomic E-state index is 6.05. The molecule has 0 spiro atoms. The molecule has 0 saturated heterocycles. The van der Waals surface area contributed by atoms with Gasteiger partial charge in [-0.05, 0) is 24.8 Å². The molecule has 1 aliphatic heterocycles. The number of anilines is 2. The average molecular weight is 327 g/mol. The van der Waals surface area contributed by atoms with Gasteiger partial charge >= 0.3 is 0 Å². The lowest BCUT2D eigenvalue weighted by molar-refractivity contribution is 0.209. The summed E-state index contributed by atoms with van der Waals surface area (Å²) in [7, 11) is 0. The Hall–Kier alpha value is -2.41. The zero-order valence-corrected chi connectivity index (χ0v) is 14.5. The molecule has 0 atom stereocenters. The van der Waals surface area contributed by atoms with Crippen molar-refractivity contribution in [1.82, 2.24) is 25.4 Å². The Morgan fingerprint density at radius 1 is 1.12 bits per heavy atom. The van der Waals surface area contributed by atoms with E-state index in [0.29, 0.717) is 29.6 Å². The quantitative estimate of drug-likeness (QED) is 0.772. The van der Waals surface area contributed by atoms with E-state index in [1.807, 2.05) is 6.92 Å². The standard InChI is InChI=1S/C17H25N7/c1-4-11(5-2)24-9-10(7-21-24)12-8-20-17(19)15-14(12)23-16(18)13(6-3)22-15/h8-9,11,21H,4-7H2,1-3H3,(H2,18,23)(H2,19,20). The summed E-state index contributed by atoms with van der Waals surface area (Å²) in [6, 6.07) is 0.471. The molecule has 2 aromatic rings.